The van der Waals surface area contributed by atoms with Crippen molar-refractivity contribution in [2.24, 2.45) is 0 Å². The van der Waals surface area contributed by atoms with Crippen molar-refractivity contribution in [1.82, 2.24) is 0 Å². The SMILES string of the molecule is Cc1ccc(S(=O)(=O)Nc2cccc(C(=O)Nc3ccc(Cl)cc3Cl)c2C)cc1. The Morgan fingerprint density at radius 3 is 2.24 bits per heavy atom. The van der Waals surface area contributed by atoms with Crippen LogP contribution in [0.5, 0.6) is 0 Å². The Morgan fingerprint density at radius 1 is 0.897 bits per heavy atom. The topological polar surface area (TPSA) is 75.3 Å². The van der Waals surface area contributed by atoms with Crippen molar-refractivity contribution >= 4 is 50.5 Å². The molecule has 0 aliphatic heterocycles. The minimum Gasteiger partial charge on any atom is -0.321 e. The Bertz CT molecular complexity index is 1180. The Labute approximate surface area is 179 Å². The highest BCUT2D eigenvalue weighted by molar-refractivity contribution is 7.92. The molecule has 0 atom stereocenters. The van der Waals surface area contributed by atoms with Gasteiger partial charge in [0.05, 0.1) is 21.3 Å². The summed E-state index contributed by atoms with van der Waals surface area (Å²) >= 11 is 12.0. The van der Waals surface area contributed by atoms with Gasteiger partial charge in [-0.2, -0.15) is 0 Å². The molecular formula is C21H18Cl2N2O3S. The average Bonchev–Trinajstić information content (AvgIpc) is 2.66. The average molecular weight is 449 g/mol. The Balaban J connectivity index is 1.87. The normalized spacial score (nSPS) is 11.2. The van der Waals surface area contributed by atoms with Crippen molar-refractivity contribution in [2.75, 3.05) is 10.0 Å². The van der Waals surface area contributed by atoms with Crippen LogP contribution < -0.4 is 10.0 Å². The standard InChI is InChI=1S/C21H18Cl2N2O3S/c1-13-6-9-16(10-7-13)29(27,28)25-19-5-3-4-17(14(19)2)21(26)24-20-11-8-15(22)12-18(20)23/h3-12,25H,1-2H3,(H,24,26). The summed E-state index contributed by atoms with van der Waals surface area (Å²) in [6, 6.07) is 16.1. The lowest BCUT2D eigenvalue weighted by Gasteiger charge is -2.14. The molecule has 150 valence electrons. The fraction of sp³-hybridized carbons (Fsp3) is 0.0952. The number of hydrogen-bond donors (Lipinski definition) is 2. The fourth-order valence-corrected chi connectivity index (χ4v) is 4.27. The first-order valence-corrected chi connectivity index (χ1v) is 10.9. The minimum atomic E-state index is -3.78. The van der Waals surface area contributed by atoms with E-state index in [0.717, 1.165) is 5.56 Å². The molecule has 0 aliphatic carbocycles. The van der Waals surface area contributed by atoms with Crippen LogP contribution in [0.25, 0.3) is 0 Å². The quantitative estimate of drug-likeness (QED) is 0.528. The highest BCUT2D eigenvalue weighted by Crippen LogP contribution is 2.27. The van der Waals surface area contributed by atoms with Crippen molar-refractivity contribution in [3.8, 4) is 0 Å². The number of amides is 1. The van der Waals surface area contributed by atoms with E-state index in [1.807, 2.05) is 6.92 Å². The predicted octanol–water partition coefficient (Wildman–Crippen LogP) is 5.66. The molecule has 0 heterocycles. The minimum absolute atomic E-state index is 0.144. The highest BCUT2D eigenvalue weighted by atomic mass is 35.5. The third-order valence-electron chi connectivity index (χ3n) is 4.33. The number of carbonyl (C=O) groups excluding carboxylic acids is 1. The second kappa shape index (κ2) is 8.45. The van der Waals surface area contributed by atoms with Crippen LogP contribution in [0.1, 0.15) is 21.5 Å². The first kappa shape index (κ1) is 21.2. The van der Waals surface area contributed by atoms with Gasteiger partial charge >= 0.3 is 0 Å². The lowest BCUT2D eigenvalue weighted by atomic mass is 10.1. The van der Waals surface area contributed by atoms with Gasteiger partial charge in [-0.3, -0.25) is 9.52 Å². The molecule has 5 nitrogen and oxygen atoms in total. The molecule has 0 aliphatic rings. The monoisotopic (exact) mass is 448 g/mol. The maximum Gasteiger partial charge on any atom is 0.261 e. The number of benzene rings is 3. The molecule has 3 aromatic carbocycles. The smallest absolute Gasteiger partial charge is 0.261 e. The van der Waals surface area contributed by atoms with Crippen LogP contribution in [0, 0.1) is 13.8 Å². The van der Waals surface area contributed by atoms with E-state index < -0.39 is 15.9 Å². The number of carbonyl (C=O) groups is 1. The maximum atomic E-state index is 12.7. The van der Waals surface area contributed by atoms with Gasteiger partial charge in [0, 0.05) is 10.6 Å². The zero-order chi connectivity index (χ0) is 21.2. The first-order chi connectivity index (χ1) is 13.7. The molecular weight excluding hydrogens is 431 g/mol. The van der Waals surface area contributed by atoms with Gasteiger partial charge in [-0.25, -0.2) is 8.42 Å². The number of halogens is 2. The number of nitrogens with one attached hydrogen (secondary N) is 2. The third kappa shape index (κ3) is 4.90. The number of anilines is 2. The molecule has 0 bridgehead atoms. The molecule has 8 heteroatoms. The van der Waals surface area contributed by atoms with E-state index in [9.17, 15) is 13.2 Å². The van der Waals surface area contributed by atoms with Gasteiger partial charge in [-0.05, 0) is 61.9 Å². The molecule has 2 N–H and O–H groups in total. The molecule has 0 saturated heterocycles. The molecule has 3 aromatic rings. The summed E-state index contributed by atoms with van der Waals surface area (Å²) < 4.78 is 27.9. The zero-order valence-electron chi connectivity index (χ0n) is 15.7. The Morgan fingerprint density at radius 2 is 1.59 bits per heavy atom. The molecule has 0 spiro atoms. The summed E-state index contributed by atoms with van der Waals surface area (Å²) in [5.74, 6) is -0.414. The molecule has 3 rings (SSSR count). The van der Waals surface area contributed by atoms with Crippen LogP contribution in [0.4, 0.5) is 11.4 Å². The number of hydrogen-bond acceptors (Lipinski definition) is 3. The van der Waals surface area contributed by atoms with E-state index in [2.05, 4.69) is 10.0 Å². The van der Waals surface area contributed by atoms with Gasteiger partial charge in [-0.15, -0.1) is 0 Å². The first-order valence-electron chi connectivity index (χ1n) is 8.63. The third-order valence-corrected chi connectivity index (χ3v) is 6.26. The summed E-state index contributed by atoms with van der Waals surface area (Å²) in [4.78, 5) is 12.9. The van der Waals surface area contributed by atoms with Gasteiger partial charge in [-0.1, -0.05) is 47.0 Å². The van der Waals surface area contributed by atoms with Gasteiger partial charge in [0.25, 0.3) is 15.9 Å². The summed E-state index contributed by atoms with van der Waals surface area (Å²) in [6.45, 7) is 3.55. The molecule has 1 amide bonds. The number of rotatable bonds is 5. The molecule has 0 aromatic heterocycles. The van der Waals surface area contributed by atoms with Crippen molar-refractivity contribution in [3.63, 3.8) is 0 Å². The van der Waals surface area contributed by atoms with E-state index in [4.69, 9.17) is 23.2 Å². The summed E-state index contributed by atoms with van der Waals surface area (Å²) in [5, 5.41) is 3.48. The summed E-state index contributed by atoms with van der Waals surface area (Å²) in [6.07, 6.45) is 0. The van der Waals surface area contributed by atoms with Crippen molar-refractivity contribution in [3.05, 3.63) is 87.4 Å². The maximum absolute atomic E-state index is 12.7. The number of sulfonamides is 1. The molecule has 29 heavy (non-hydrogen) atoms. The lowest BCUT2D eigenvalue weighted by molar-refractivity contribution is 0.102. The summed E-state index contributed by atoms with van der Waals surface area (Å²) in [5.41, 5.74) is 2.50. The fourth-order valence-electron chi connectivity index (χ4n) is 2.69. The molecule has 0 unspecified atom stereocenters. The van der Waals surface area contributed by atoms with Gasteiger partial charge in [0.15, 0.2) is 0 Å². The van der Waals surface area contributed by atoms with Crippen LogP contribution in [0.2, 0.25) is 10.0 Å². The van der Waals surface area contributed by atoms with Gasteiger partial charge < -0.3 is 5.32 Å². The molecule has 0 fully saturated rings. The van der Waals surface area contributed by atoms with Crippen LogP contribution >= 0.6 is 23.2 Å². The van der Waals surface area contributed by atoms with E-state index in [1.54, 1.807) is 49.4 Å². The van der Waals surface area contributed by atoms with Gasteiger partial charge in [0.1, 0.15) is 0 Å². The Hall–Kier alpha value is -2.54. The van der Waals surface area contributed by atoms with E-state index in [1.165, 1.54) is 18.2 Å². The van der Waals surface area contributed by atoms with Crippen LogP contribution in [0.15, 0.2) is 65.6 Å². The summed E-state index contributed by atoms with van der Waals surface area (Å²) in [7, 11) is -3.78. The second-order valence-corrected chi connectivity index (χ2v) is 9.00. The van der Waals surface area contributed by atoms with E-state index >= 15 is 0 Å². The highest BCUT2D eigenvalue weighted by Gasteiger charge is 2.18. The Kier molecular flexibility index (Phi) is 6.17. The van der Waals surface area contributed by atoms with E-state index in [0.29, 0.717) is 32.5 Å². The number of aryl methyl sites for hydroxylation is 1. The zero-order valence-corrected chi connectivity index (χ0v) is 18.0. The van der Waals surface area contributed by atoms with E-state index in [-0.39, 0.29) is 4.90 Å². The van der Waals surface area contributed by atoms with Crippen molar-refractivity contribution in [2.45, 2.75) is 18.7 Å². The van der Waals surface area contributed by atoms with Gasteiger partial charge in [0.2, 0.25) is 0 Å². The molecule has 0 saturated carbocycles. The van der Waals surface area contributed by atoms with Crippen LogP contribution in [-0.2, 0) is 10.0 Å². The predicted molar refractivity (Wildman–Crippen MR) is 118 cm³/mol. The van der Waals surface area contributed by atoms with Crippen LogP contribution in [-0.4, -0.2) is 14.3 Å². The second-order valence-electron chi connectivity index (χ2n) is 6.47. The molecule has 0 radical (unpaired) electrons. The van der Waals surface area contributed by atoms with Crippen LogP contribution in [0.3, 0.4) is 0 Å². The van der Waals surface area contributed by atoms with Crippen molar-refractivity contribution < 1.29 is 13.2 Å². The largest absolute Gasteiger partial charge is 0.321 e. The lowest BCUT2D eigenvalue weighted by Crippen LogP contribution is -2.17. The van der Waals surface area contributed by atoms with Crippen molar-refractivity contribution in [1.29, 1.82) is 0 Å².